The Morgan fingerprint density at radius 3 is 2.62 bits per heavy atom. The molecule has 2 unspecified atom stereocenters. The highest BCUT2D eigenvalue weighted by atomic mass is 32.2. The van der Waals surface area contributed by atoms with Gasteiger partial charge in [0, 0.05) is 6.04 Å². The van der Waals surface area contributed by atoms with Gasteiger partial charge in [-0.05, 0) is 74.2 Å². The molecule has 2 atom stereocenters. The van der Waals surface area contributed by atoms with Crippen molar-refractivity contribution in [2.24, 2.45) is 11.7 Å². The van der Waals surface area contributed by atoms with E-state index in [0.717, 1.165) is 38.5 Å². The lowest BCUT2D eigenvalue weighted by Gasteiger charge is -2.21. The third-order valence-corrected chi connectivity index (χ3v) is 6.39. The maximum Gasteiger partial charge on any atom is 0.240 e. The number of aryl methyl sites for hydroxylation is 2. The van der Waals surface area contributed by atoms with Gasteiger partial charge in [0.25, 0.3) is 0 Å². The topological polar surface area (TPSA) is 72.2 Å². The predicted molar refractivity (Wildman–Crippen MR) is 83.6 cm³/mol. The Bertz CT molecular complexity index is 613. The summed E-state index contributed by atoms with van der Waals surface area (Å²) in [6, 6.07) is 5.59. The van der Waals surface area contributed by atoms with E-state index in [1.54, 1.807) is 6.07 Å². The zero-order valence-electron chi connectivity index (χ0n) is 12.3. The second kappa shape index (κ2) is 6.07. The van der Waals surface area contributed by atoms with E-state index in [1.807, 2.05) is 12.1 Å². The molecule has 0 aromatic heterocycles. The molecular weight excluding hydrogens is 284 g/mol. The van der Waals surface area contributed by atoms with Crippen molar-refractivity contribution in [3.8, 4) is 0 Å². The minimum absolute atomic E-state index is 0.00367. The second-order valence-corrected chi connectivity index (χ2v) is 8.01. The number of sulfonamides is 1. The van der Waals surface area contributed by atoms with Crippen LogP contribution in [0.3, 0.4) is 0 Å². The molecule has 116 valence electrons. The fourth-order valence-electron chi connectivity index (χ4n) is 3.62. The molecule has 3 rings (SSSR count). The molecule has 0 radical (unpaired) electrons. The monoisotopic (exact) mass is 308 g/mol. The maximum absolute atomic E-state index is 12.6. The van der Waals surface area contributed by atoms with Crippen molar-refractivity contribution in [3.05, 3.63) is 29.3 Å². The van der Waals surface area contributed by atoms with E-state index in [4.69, 9.17) is 5.73 Å². The number of hydrogen-bond acceptors (Lipinski definition) is 3. The minimum Gasteiger partial charge on any atom is -0.330 e. The average Bonchev–Trinajstić information content (AvgIpc) is 2.93. The first-order valence-corrected chi connectivity index (χ1v) is 9.42. The van der Waals surface area contributed by atoms with E-state index in [-0.39, 0.29) is 12.0 Å². The van der Waals surface area contributed by atoms with Gasteiger partial charge in [0.15, 0.2) is 0 Å². The molecule has 2 aliphatic carbocycles. The Morgan fingerprint density at radius 1 is 1.10 bits per heavy atom. The second-order valence-electron chi connectivity index (χ2n) is 6.29. The van der Waals surface area contributed by atoms with Crippen LogP contribution in [-0.2, 0) is 22.9 Å². The fraction of sp³-hybridized carbons (Fsp3) is 0.625. The van der Waals surface area contributed by atoms with Crippen LogP contribution in [0.25, 0.3) is 0 Å². The number of fused-ring (bicyclic) bond motifs is 1. The molecule has 1 aromatic carbocycles. The highest BCUT2D eigenvalue weighted by Gasteiger charge is 2.30. The standard InChI is InChI=1S/C16H24N2O2S/c17-11-14-6-3-7-16(14)18-21(19,20)15-9-8-12-4-1-2-5-13(12)10-15/h8-10,14,16,18H,1-7,11,17H2. The van der Waals surface area contributed by atoms with Crippen LogP contribution >= 0.6 is 0 Å². The number of nitrogens with two attached hydrogens (primary N) is 1. The van der Waals surface area contributed by atoms with Crippen LogP contribution in [0.15, 0.2) is 23.1 Å². The molecule has 3 N–H and O–H groups in total. The van der Waals surface area contributed by atoms with Crippen LogP contribution in [0.4, 0.5) is 0 Å². The molecular formula is C16H24N2O2S. The summed E-state index contributed by atoms with van der Waals surface area (Å²) in [5.74, 6) is 0.275. The van der Waals surface area contributed by atoms with Crippen molar-refractivity contribution in [3.63, 3.8) is 0 Å². The molecule has 1 fully saturated rings. The van der Waals surface area contributed by atoms with E-state index in [2.05, 4.69) is 4.72 Å². The van der Waals surface area contributed by atoms with Crippen molar-refractivity contribution in [2.45, 2.75) is 55.9 Å². The van der Waals surface area contributed by atoms with Crippen LogP contribution in [0.2, 0.25) is 0 Å². The van der Waals surface area contributed by atoms with E-state index in [9.17, 15) is 8.42 Å². The van der Waals surface area contributed by atoms with E-state index < -0.39 is 10.0 Å². The molecule has 2 aliphatic rings. The van der Waals surface area contributed by atoms with Gasteiger partial charge in [-0.1, -0.05) is 12.5 Å². The number of rotatable bonds is 4. The van der Waals surface area contributed by atoms with Crippen molar-refractivity contribution < 1.29 is 8.42 Å². The van der Waals surface area contributed by atoms with Gasteiger partial charge in [-0.3, -0.25) is 0 Å². The molecule has 1 aromatic rings. The quantitative estimate of drug-likeness (QED) is 0.893. The third-order valence-electron chi connectivity index (χ3n) is 4.90. The van der Waals surface area contributed by atoms with Gasteiger partial charge < -0.3 is 5.73 Å². The molecule has 0 aliphatic heterocycles. The van der Waals surface area contributed by atoms with E-state index in [0.29, 0.717) is 11.4 Å². The lowest BCUT2D eigenvalue weighted by Crippen LogP contribution is -2.39. The molecule has 0 spiro atoms. The summed E-state index contributed by atoms with van der Waals surface area (Å²) in [7, 11) is -3.43. The SMILES string of the molecule is NCC1CCCC1NS(=O)(=O)c1ccc2c(c1)CCCC2. The molecule has 0 amide bonds. The van der Waals surface area contributed by atoms with Gasteiger partial charge in [0.1, 0.15) is 0 Å². The molecule has 21 heavy (non-hydrogen) atoms. The Morgan fingerprint density at radius 2 is 1.86 bits per heavy atom. The van der Waals surface area contributed by atoms with Crippen LogP contribution in [0, 0.1) is 5.92 Å². The summed E-state index contributed by atoms with van der Waals surface area (Å²) in [6.07, 6.45) is 7.40. The largest absolute Gasteiger partial charge is 0.330 e. The Labute approximate surface area is 127 Å². The van der Waals surface area contributed by atoms with Crippen molar-refractivity contribution in [1.29, 1.82) is 0 Å². The predicted octanol–water partition coefficient (Wildman–Crippen LogP) is 1.97. The highest BCUT2D eigenvalue weighted by Crippen LogP contribution is 2.28. The van der Waals surface area contributed by atoms with Crippen LogP contribution in [0.5, 0.6) is 0 Å². The normalized spacial score (nSPS) is 25.8. The molecule has 0 bridgehead atoms. The molecule has 0 saturated heterocycles. The maximum atomic E-state index is 12.6. The van der Waals surface area contributed by atoms with Crippen LogP contribution in [-0.4, -0.2) is 21.0 Å². The van der Waals surface area contributed by atoms with Crippen molar-refractivity contribution >= 4 is 10.0 Å². The van der Waals surface area contributed by atoms with Crippen LogP contribution in [0.1, 0.15) is 43.2 Å². The Balaban J connectivity index is 1.81. The zero-order valence-corrected chi connectivity index (χ0v) is 13.2. The van der Waals surface area contributed by atoms with Gasteiger partial charge >= 0.3 is 0 Å². The summed E-state index contributed by atoms with van der Waals surface area (Å²) in [6.45, 7) is 0.553. The fourth-order valence-corrected chi connectivity index (χ4v) is 5.01. The van der Waals surface area contributed by atoms with Crippen molar-refractivity contribution in [1.82, 2.24) is 4.72 Å². The minimum atomic E-state index is -3.43. The average molecular weight is 308 g/mol. The first-order valence-electron chi connectivity index (χ1n) is 7.94. The molecule has 4 nitrogen and oxygen atoms in total. The highest BCUT2D eigenvalue weighted by molar-refractivity contribution is 7.89. The summed E-state index contributed by atoms with van der Waals surface area (Å²) < 4.78 is 28.0. The molecule has 5 heteroatoms. The summed E-state index contributed by atoms with van der Waals surface area (Å²) in [4.78, 5) is 0.408. The lowest BCUT2D eigenvalue weighted by molar-refractivity contribution is 0.453. The first kappa shape index (κ1) is 15.0. The van der Waals surface area contributed by atoms with Gasteiger partial charge in [0.05, 0.1) is 4.90 Å². The number of nitrogens with one attached hydrogen (secondary N) is 1. The third kappa shape index (κ3) is 3.15. The summed E-state index contributed by atoms with van der Waals surface area (Å²) in [5.41, 5.74) is 8.24. The Hall–Kier alpha value is -0.910. The van der Waals surface area contributed by atoms with Gasteiger partial charge in [-0.15, -0.1) is 0 Å². The van der Waals surface area contributed by atoms with E-state index >= 15 is 0 Å². The van der Waals surface area contributed by atoms with Gasteiger partial charge in [-0.25, -0.2) is 13.1 Å². The lowest BCUT2D eigenvalue weighted by atomic mass is 9.92. The zero-order chi connectivity index (χ0) is 14.9. The number of benzene rings is 1. The molecule has 0 heterocycles. The smallest absolute Gasteiger partial charge is 0.240 e. The Kier molecular flexibility index (Phi) is 4.33. The van der Waals surface area contributed by atoms with Crippen LogP contribution < -0.4 is 10.5 Å². The summed E-state index contributed by atoms with van der Waals surface area (Å²) >= 11 is 0. The number of hydrogen-bond donors (Lipinski definition) is 2. The molecule has 1 saturated carbocycles. The van der Waals surface area contributed by atoms with E-state index in [1.165, 1.54) is 17.5 Å². The van der Waals surface area contributed by atoms with Crippen molar-refractivity contribution in [2.75, 3.05) is 6.54 Å². The van der Waals surface area contributed by atoms with Gasteiger partial charge in [0.2, 0.25) is 10.0 Å². The first-order chi connectivity index (χ1) is 10.1. The summed E-state index contributed by atoms with van der Waals surface area (Å²) in [5, 5.41) is 0. The van der Waals surface area contributed by atoms with Gasteiger partial charge in [-0.2, -0.15) is 0 Å².